The van der Waals surface area contributed by atoms with Crippen molar-refractivity contribution >= 4 is 5.91 Å². The van der Waals surface area contributed by atoms with Crippen LogP contribution in [0.2, 0.25) is 0 Å². The molecule has 0 unspecified atom stereocenters. The molecule has 0 aliphatic carbocycles. The van der Waals surface area contributed by atoms with Gasteiger partial charge in [-0.15, -0.1) is 0 Å². The van der Waals surface area contributed by atoms with Gasteiger partial charge in [0.25, 0.3) is 0 Å². The second-order valence-corrected chi connectivity index (χ2v) is 8.34. The molecule has 5 heteroatoms. The van der Waals surface area contributed by atoms with Gasteiger partial charge in [0.15, 0.2) is 0 Å². The van der Waals surface area contributed by atoms with Gasteiger partial charge in [0.1, 0.15) is 5.75 Å². The molecule has 5 nitrogen and oxygen atoms in total. The van der Waals surface area contributed by atoms with Crippen LogP contribution >= 0.6 is 0 Å². The fraction of sp³-hybridized carbons (Fsp3) is 0.667. The summed E-state index contributed by atoms with van der Waals surface area (Å²) in [5.74, 6) is 2.05. The molecule has 3 saturated heterocycles. The number of rotatable bonds is 5. The number of fused-ring (bicyclic) bond motifs is 4. The van der Waals surface area contributed by atoms with Gasteiger partial charge in [-0.3, -0.25) is 14.6 Å². The first-order valence-corrected chi connectivity index (χ1v) is 10.0. The predicted molar refractivity (Wildman–Crippen MR) is 102 cm³/mol. The van der Waals surface area contributed by atoms with E-state index in [-0.39, 0.29) is 5.91 Å². The van der Waals surface area contributed by atoms with Crippen LogP contribution in [0.1, 0.15) is 31.2 Å². The number of carbonyl (C=O) groups is 1. The summed E-state index contributed by atoms with van der Waals surface area (Å²) < 4.78 is 5.42. The molecule has 4 atom stereocenters. The van der Waals surface area contributed by atoms with E-state index in [1.165, 1.54) is 37.8 Å². The van der Waals surface area contributed by atoms with Gasteiger partial charge in [-0.1, -0.05) is 18.6 Å². The molecule has 0 aromatic heterocycles. The summed E-state index contributed by atoms with van der Waals surface area (Å²) in [6.07, 6.45) is 6.32. The Kier molecular flexibility index (Phi) is 5.18. The average Bonchev–Trinajstić information content (AvgIpc) is 2.65. The van der Waals surface area contributed by atoms with Crippen LogP contribution in [0.3, 0.4) is 0 Å². The highest BCUT2D eigenvalue weighted by molar-refractivity contribution is 5.75. The van der Waals surface area contributed by atoms with Crippen LogP contribution in [-0.2, 0) is 11.2 Å². The maximum Gasteiger partial charge on any atom is 0.231 e. The van der Waals surface area contributed by atoms with Crippen molar-refractivity contribution in [3.63, 3.8) is 0 Å². The topological polar surface area (TPSA) is 58.8 Å². The minimum absolute atomic E-state index is 0.199. The lowest BCUT2D eigenvalue weighted by atomic mass is 9.71. The van der Waals surface area contributed by atoms with Crippen LogP contribution < -0.4 is 10.5 Å². The zero-order valence-corrected chi connectivity index (χ0v) is 15.8. The zero-order chi connectivity index (χ0) is 18.1. The number of likely N-dealkylation sites (tertiary alicyclic amines) is 1. The van der Waals surface area contributed by atoms with E-state index in [0.717, 1.165) is 25.3 Å². The second-order valence-electron chi connectivity index (χ2n) is 8.34. The van der Waals surface area contributed by atoms with Crippen molar-refractivity contribution in [3.05, 3.63) is 29.8 Å². The molecule has 1 aromatic rings. The van der Waals surface area contributed by atoms with Crippen molar-refractivity contribution in [3.8, 4) is 5.75 Å². The van der Waals surface area contributed by atoms with Crippen LogP contribution in [0.4, 0.5) is 0 Å². The Balaban J connectivity index is 1.57. The number of primary amides is 1. The third-order valence-electron chi connectivity index (χ3n) is 6.66. The van der Waals surface area contributed by atoms with Crippen LogP contribution in [0, 0.1) is 11.8 Å². The highest BCUT2D eigenvalue weighted by Gasteiger charge is 2.46. The molecule has 0 spiro atoms. The molecule has 4 rings (SSSR count). The normalized spacial score (nSPS) is 32.0. The van der Waals surface area contributed by atoms with Gasteiger partial charge in [-0.2, -0.15) is 0 Å². The Morgan fingerprint density at radius 3 is 2.92 bits per heavy atom. The van der Waals surface area contributed by atoms with E-state index in [1.807, 2.05) is 6.07 Å². The number of nitrogens with two attached hydrogens (primary N) is 1. The van der Waals surface area contributed by atoms with E-state index in [9.17, 15) is 4.79 Å². The van der Waals surface area contributed by atoms with Crippen molar-refractivity contribution < 1.29 is 9.53 Å². The largest absolute Gasteiger partial charge is 0.497 e. The average molecular weight is 357 g/mol. The summed E-state index contributed by atoms with van der Waals surface area (Å²) in [6.45, 7) is 3.66. The van der Waals surface area contributed by atoms with Crippen LogP contribution in [0.15, 0.2) is 24.3 Å². The molecule has 1 aromatic carbocycles. The summed E-state index contributed by atoms with van der Waals surface area (Å²) in [6, 6.07) is 9.73. The quantitative estimate of drug-likeness (QED) is 0.874. The molecular formula is C21H31N3O2. The van der Waals surface area contributed by atoms with Crippen molar-refractivity contribution in [2.45, 2.75) is 44.2 Å². The lowest BCUT2D eigenvalue weighted by molar-refractivity contribution is -0.122. The zero-order valence-electron chi connectivity index (χ0n) is 15.8. The number of ether oxygens (including phenoxy) is 1. The number of benzene rings is 1. The number of hydrogen-bond donors (Lipinski definition) is 1. The smallest absolute Gasteiger partial charge is 0.231 e. The molecule has 2 bridgehead atoms. The van der Waals surface area contributed by atoms with Crippen molar-refractivity contribution in [2.24, 2.45) is 17.6 Å². The summed E-state index contributed by atoms with van der Waals surface area (Å²) in [5, 5.41) is 0. The SMILES string of the molecule is COc1cccc(C[C@H]2[C@H]3C[C@H](CN(CC(N)=O)C3)[C@@H]3CCCCN32)c1. The molecule has 142 valence electrons. The van der Waals surface area contributed by atoms with Gasteiger partial charge in [0.2, 0.25) is 5.91 Å². The molecule has 3 fully saturated rings. The van der Waals surface area contributed by atoms with Crippen LogP contribution in [0.5, 0.6) is 5.75 Å². The van der Waals surface area contributed by atoms with E-state index < -0.39 is 0 Å². The maximum atomic E-state index is 11.5. The highest BCUT2D eigenvalue weighted by atomic mass is 16.5. The first kappa shape index (κ1) is 17.8. The van der Waals surface area contributed by atoms with Crippen LogP contribution in [0.25, 0.3) is 0 Å². The molecule has 0 radical (unpaired) electrons. The van der Waals surface area contributed by atoms with Gasteiger partial charge in [-0.25, -0.2) is 0 Å². The lowest BCUT2D eigenvalue weighted by Crippen LogP contribution is -2.64. The molecule has 3 aliphatic heterocycles. The lowest BCUT2D eigenvalue weighted by Gasteiger charge is -2.57. The Morgan fingerprint density at radius 2 is 2.12 bits per heavy atom. The van der Waals surface area contributed by atoms with E-state index in [0.29, 0.717) is 30.5 Å². The number of hydrogen-bond acceptors (Lipinski definition) is 4. The third-order valence-corrected chi connectivity index (χ3v) is 6.66. The summed E-state index contributed by atoms with van der Waals surface area (Å²) >= 11 is 0. The van der Waals surface area contributed by atoms with E-state index >= 15 is 0 Å². The second kappa shape index (κ2) is 7.57. The van der Waals surface area contributed by atoms with Gasteiger partial charge < -0.3 is 10.5 Å². The van der Waals surface area contributed by atoms with Crippen molar-refractivity contribution in [1.82, 2.24) is 9.80 Å². The Bertz CT molecular complexity index is 650. The summed E-state index contributed by atoms with van der Waals surface area (Å²) in [5.41, 5.74) is 6.84. The van der Waals surface area contributed by atoms with Gasteiger partial charge >= 0.3 is 0 Å². The van der Waals surface area contributed by atoms with Crippen LogP contribution in [-0.4, -0.2) is 61.1 Å². The van der Waals surface area contributed by atoms with Gasteiger partial charge in [-0.05, 0) is 61.8 Å². The fourth-order valence-electron chi connectivity index (χ4n) is 5.68. The molecule has 0 saturated carbocycles. The van der Waals surface area contributed by atoms with Gasteiger partial charge in [0.05, 0.1) is 13.7 Å². The minimum atomic E-state index is -0.199. The van der Waals surface area contributed by atoms with Crippen molar-refractivity contribution in [1.29, 1.82) is 0 Å². The Labute approximate surface area is 156 Å². The predicted octanol–water partition coefficient (Wildman–Crippen LogP) is 1.90. The molecular weight excluding hydrogens is 326 g/mol. The monoisotopic (exact) mass is 357 g/mol. The number of piperidine rings is 3. The first-order chi connectivity index (χ1) is 12.6. The molecule has 1 amide bonds. The van der Waals surface area contributed by atoms with E-state index in [2.05, 4.69) is 28.0 Å². The number of carbonyl (C=O) groups excluding carboxylic acids is 1. The number of nitrogens with zero attached hydrogens (tertiary/aromatic N) is 2. The molecule has 3 aliphatic rings. The van der Waals surface area contributed by atoms with E-state index in [1.54, 1.807) is 7.11 Å². The molecule has 3 heterocycles. The van der Waals surface area contributed by atoms with Gasteiger partial charge in [0, 0.05) is 25.2 Å². The third kappa shape index (κ3) is 3.60. The Morgan fingerprint density at radius 1 is 1.27 bits per heavy atom. The Hall–Kier alpha value is -1.59. The summed E-state index contributed by atoms with van der Waals surface area (Å²) in [7, 11) is 1.73. The molecule has 26 heavy (non-hydrogen) atoms. The standard InChI is InChI=1S/C21H31N3O2/c1-26-18-6-4-5-15(9-18)10-20-17-11-16(12-23(13-17)14-21(22)25)19-7-2-3-8-24(19)20/h4-6,9,16-17,19-20H,2-3,7-8,10-14H2,1H3,(H2,22,25)/t16-,17+,19+,20+/m1/s1. The van der Waals surface area contributed by atoms with E-state index in [4.69, 9.17) is 10.5 Å². The number of methoxy groups -OCH3 is 1. The maximum absolute atomic E-state index is 11.5. The highest BCUT2D eigenvalue weighted by Crippen LogP contribution is 2.42. The molecule has 2 N–H and O–H groups in total. The number of amides is 1. The van der Waals surface area contributed by atoms with Crippen molar-refractivity contribution in [2.75, 3.05) is 33.3 Å². The minimum Gasteiger partial charge on any atom is -0.497 e. The summed E-state index contributed by atoms with van der Waals surface area (Å²) in [4.78, 5) is 16.6. The first-order valence-electron chi connectivity index (χ1n) is 10.0. The fourth-order valence-corrected chi connectivity index (χ4v) is 5.68.